The number of Topliss-reactive ketones (excluding diaryl/α,β-unsaturated/α-hetero) is 1. The fourth-order valence-electron chi connectivity index (χ4n) is 4.30. The van der Waals surface area contributed by atoms with Crippen molar-refractivity contribution in [2.24, 2.45) is 5.92 Å². The van der Waals surface area contributed by atoms with Crippen LogP contribution in [-0.2, 0) is 6.54 Å². The zero-order chi connectivity index (χ0) is 19.8. The summed E-state index contributed by atoms with van der Waals surface area (Å²) >= 11 is 0. The number of ether oxygens (including phenoxy) is 1. The van der Waals surface area contributed by atoms with Gasteiger partial charge in [0.2, 0.25) is 5.78 Å². The predicted molar refractivity (Wildman–Crippen MR) is 111 cm³/mol. The van der Waals surface area contributed by atoms with Crippen molar-refractivity contribution >= 4 is 11.9 Å². The zero-order valence-electron chi connectivity index (χ0n) is 16.8. The van der Waals surface area contributed by atoms with Crippen molar-refractivity contribution in [2.75, 3.05) is 13.1 Å². The van der Waals surface area contributed by atoms with E-state index in [2.05, 4.69) is 11.8 Å². The van der Waals surface area contributed by atoms with Crippen molar-refractivity contribution in [3.63, 3.8) is 0 Å². The summed E-state index contributed by atoms with van der Waals surface area (Å²) in [6.45, 7) is 8.74. The molecule has 0 aromatic heterocycles. The molecule has 0 saturated carbocycles. The number of fused-ring (bicyclic) bond motifs is 1. The maximum Gasteiger partial charge on any atom is 0.232 e. The normalized spacial score (nSPS) is 21.0. The average Bonchev–Trinajstić information content (AvgIpc) is 2.95. The average molecular weight is 377 g/mol. The van der Waals surface area contributed by atoms with E-state index >= 15 is 0 Å². The van der Waals surface area contributed by atoms with Gasteiger partial charge >= 0.3 is 0 Å². The first-order valence-electron chi connectivity index (χ1n) is 10.0. The van der Waals surface area contributed by atoms with E-state index in [-0.39, 0.29) is 11.5 Å². The third-order valence-corrected chi connectivity index (χ3v) is 5.68. The molecular formula is C24H27NO3. The molecule has 0 spiro atoms. The molecule has 4 heteroatoms. The summed E-state index contributed by atoms with van der Waals surface area (Å²) in [7, 11) is 0. The van der Waals surface area contributed by atoms with E-state index in [4.69, 9.17) is 4.74 Å². The number of benzene rings is 2. The minimum Gasteiger partial charge on any atom is -0.507 e. The molecule has 1 atom stereocenters. The van der Waals surface area contributed by atoms with Gasteiger partial charge in [0.1, 0.15) is 11.5 Å². The highest BCUT2D eigenvalue weighted by atomic mass is 16.5. The Morgan fingerprint density at radius 1 is 1.29 bits per heavy atom. The van der Waals surface area contributed by atoms with Crippen molar-refractivity contribution in [3.05, 3.63) is 63.9 Å². The number of hydrogen-bond acceptors (Lipinski definition) is 4. The largest absolute Gasteiger partial charge is 0.507 e. The van der Waals surface area contributed by atoms with Crippen molar-refractivity contribution in [2.45, 2.75) is 40.2 Å². The Morgan fingerprint density at radius 2 is 2.11 bits per heavy atom. The molecule has 2 aromatic rings. The minimum atomic E-state index is -0.109. The van der Waals surface area contributed by atoms with Gasteiger partial charge in [0.25, 0.3) is 0 Å². The number of phenols is 1. The maximum atomic E-state index is 13.0. The van der Waals surface area contributed by atoms with Crippen LogP contribution in [0.2, 0.25) is 0 Å². The van der Waals surface area contributed by atoms with E-state index in [1.54, 1.807) is 12.1 Å². The molecule has 2 heterocycles. The van der Waals surface area contributed by atoms with Gasteiger partial charge in [-0.3, -0.25) is 9.69 Å². The van der Waals surface area contributed by atoms with Crippen LogP contribution in [0.5, 0.6) is 11.5 Å². The molecule has 2 aliphatic rings. The van der Waals surface area contributed by atoms with Gasteiger partial charge in [-0.1, -0.05) is 36.8 Å². The van der Waals surface area contributed by atoms with Crippen LogP contribution >= 0.6 is 0 Å². The zero-order valence-corrected chi connectivity index (χ0v) is 16.8. The lowest BCUT2D eigenvalue weighted by atomic mass is 9.97. The van der Waals surface area contributed by atoms with Crippen LogP contribution in [0.25, 0.3) is 6.08 Å². The lowest BCUT2D eigenvalue weighted by molar-refractivity contribution is 0.101. The number of phenolic OH excluding ortho intramolecular Hbond substituents is 1. The van der Waals surface area contributed by atoms with Crippen molar-refractivity contribution in [1.82, 2.24) is 4.90 Å². The van der Waals surface area contributed by atoms with Crippen LogP contribution in [0.4, 0.5) is 0 Å². The molecule has 4 rings (SSSR count). The van der Waals surface area contributed by atoms with Crippen LogP contribution in [-0.4, -0.2) is 28.9 Å². The van der Waals surface area contributed by atoms with Gasteiger partial charge < -0.3 is 9.84 Å². The van der Waals surface area contributed by atoms with E-state index in [0.29, 0.717) is 29.5 Å². The van der Waals surface area contributed by atoms with Crippen molar-refractivity contribution in [1.29, 1.82) is 0 Å². The van der Waals surface area contributed by atoms with E-state index in [1.165, 1.54) is 6.42 Å². The number of hydrogen-bond donors (Lipinski definition) is 1. The van der Waals surface area contributed by atoms with Crippen LogP contribution in [0.3, 0.4) is 0 Å². The molecule has 1 unspecified atom stereocenters. The third kappa shape index (κ3) is 3.57. The Labute approximate surface area is 166 Å². The number of likely N-dealkylation sites (tertiary alicyclic amines) is 1. The first-order valence-corrected chi connectivity index (χ1v) is 10.0. The van der Waals surface area contributed by atoms with Gasteiger partial charge in [-0.15, -0.1) is 0 Å². The Kier molecular flexibility index (Phi) is 4.98. The molecule has 0 bridgehead atoms. The highest BCUT2D eigenvalue weighted by molar-refractivity contribution is 6.15. The molecule has 0 amide bonds. The Morgan fingerprint density at radius 3 is 2.86 bits per heavy atom. The minimum absolute atomic E-state index is 0.109. The van der Waals surface area contributed by atoms with E-state index in [1.807, 2.05) is 38.1 Å². The second kappa shape index (κ2) is 7.44. The number of aryl methyl sites for hydroxylation is 2. The molecule has 0 radical (unpaired) electrons. The number of carbonyl (C=O) groups excluding carboxylic acids is 1. The van der Waals surface area contributed by atoms with Crippen LogP contribution in [0.1, 0.15) is 52.4 Å². The third-order valence-electron chi connectivity index (χ3n) is 5.68. The van der Waals surface area contributed by atoms with E-state index in [9.17, 15) is 9.90 Å². The predicted octanol–water partition coefficient (Wildman–Crippen LogP) is 4.86. The molecule has 1 N–H and O–H groups in total. The smallest absolute Gasteiger partial charge is 0.232 e. The Hall–Kier alpha value is -2.59. The summed E-state index contributed by atoms with van der Waals surface area (Å²) in [4.78, 5) is 15.4. The van der Waals surface area contributed by atoms with Crippen LogP contribution in [0, 0.1) is 19.8 Å². The first kappa shape index (κ1) is 18.8. The monoisotopic (exact) mass is 377 g/mol. The number of piperidine rings is 1. The number of rotatable bonds is 3. The number of nitrogens with zero attached hydrogens (tertiary/aromatic N) is 1. The van der Waals surface area contributed by atoms with Crippen LogP contribution < -0.4 is 4.74 Å². The molecule has 2 aliphatic heterocycles. The lowest BCUT2D eigenvalue weighted by Crippen LogP contribution is -2.33. The van der Waals surface area contributed by atoms with Gasteiger partial charge in [0, 0.05) is 13.1 Å². The summed E-state index contributed by atoms with van der Waals surface area (Å²) in [5.74, 6) is 1.59. The van der Waals surface area contributed by atoms with E-state index < -0.39 is 0 Å². The molecule has 146 valence electrons. The Bertz CT molecular complexity index is 961. The number of ketones is 1. The highest BCUT2D eigenvalue weighted by Crippen LogP contribution is 2.42. The van der Waals surface area contributed by atoms with Gasteiger partial charge in [-0.05, 0) is 62.4 Å². The number of aromatic hydroxyl groups is 1. The molecular weight excluding hydrogens is 350 g/mol. The van der Waals surface area contributed by atoms with Gasteiger partial charge in [0.15, 0.2) is 5.76 Å². The molecule has 2 aromatic carbocycles. The number of carbonyl (C=O) groups is 1. The van der Waals surface area contributed by atoms with Gasteiger partial charge in [0.05, 0.1) is 11.1 Å². The lowest BCUT2D eigenvalue weighted by Gasteiger charge is -2.31. The second-order valence-electron chi connectivity index (χ2n) is 8.23. The molecule has 1 fully saturated rings. The van der Waals surface area contributed by atoms with Gasteiger partial charge in [-0.25, -0.2) is 0 Å². The fourth-order valence-corrected chi connectivity index (χ4v) is 4.30. The topological polar surface area (TPSA) is 49.8 Å². The molecule has 4 nitrogen and oxygen atoms in total. The maximum absolute atomic E-state index is 13.0. The summed E-state index contributed by atoms with van der Waals surface area (Å²) in [6.07, 6.45) is 4.19. The first-order chi connectivity index (χ1) is 13.4. The summed E-state index contributed by atoms with van der Waals surface area (Å²) in [5.41, 5.74) is 4.11. The second-order valence-corrected chi connectivity index (χ2v) is 8.23. The SMILES string of the molecule is Cc1cccc(/C=C2/Oc3c(CN4CCCC(C)C4)c(O)cc(C)c3C2=O)c1. The van der Waals surface area contributed by atoms with Crippen LogP contribution in [0.15, 0.2) is 36.1 Å². The molecule has 0 aliphatic carbocycles. The van der Waals surface area contributed by atoms with Crippen molar-refractivity contribution < 1.29 is 14.6 Å². The molecule has 1 saturated heterocycles. The van der Waals surface area contributed by atoms with Gasteiger partial charge in [-0.2, -0.15) is 0 Å². The Balaban J connectivity index is 1.69. The molecule has 28 heavy (non-hydrogen) atoms. The van der Waals surface area contributed by atoms with E-state index in [0.717, 1.165) is 41.8 Å². The summed E-state index contributed by atoms with van der Waals surface area (Å²) < 4.78 is 6.05. The highest BCUT2D eigenvalue weighted by Gasteiger charge is 2.34. The standard InChI is InChI=1S/C24H27NO3/c1-15-6-4-8-18(10-15)12-21-23(27)22-17(3)11-20(26)19(24(22)28-21)14-25-9-5-7-16(2)13-25/h4,6,8,10-12,16,26H,5,7,9,13-14H2,1-3H3/b21-12+. The summed E-state index contributed by atoms with van der Waals surface area (Å²) in [5, 5.41) is 10.6. The van der Waals surface area contributed by atoms with Crippen molar-refractivity contribution in [3.8, 4) is 11.5 Å². The summed E-state index contributed by atoms with van der Waals surface area (Å²) in [6, 6.07) is 9.66. The number of allylic oxidation sites excluding steroid dienone is 1. The fraction of sp³-hybridized carbons (Fsp3) is 0.375. The quantitative estimate of drug-likeness (QED) is 0.777.